The number of carboxylic acid groups (broad SMARTS) is 1. The molecule has 1 aromatic rings. The van der Waals surface area contributed by atoms with E-state index in [1.807, 2.05) is 0 Å². The number of amides is 2. The van der Waals surface area contributed by atoms with E-state index in [0.717, 1.165) is 37.5 Å². The van der Waals surface area contributed by atoms with Crippen LogP contribution in [0.5, 0.6) is 0 Å². The van der Waals surface area contributed by atoms with Crippen molar-refractivity contribution in [2.24, 2.45) is 0 Å². The van der Waals surface area contributed by atoms with Crippen molar-refractivity contribution >= 4 is 28.5 Å². The van der Waals surface area contributed by atoms with Crippen LogP contribution in [-0.4, -0.2) is 39.5 Å². The lowest BCUT2D eigenvalue weighted by molar-refractivity contribution is 0.0697. The van der Waals surface area contributed by atoms with Crippen LogP contribution in [0.15, 0.2) is 0 Å². The molecule has 0 bridgehead atoms. The van der Waals surface area contributed by atoms with Gasteiger partial charge in [-0.25, -0.2) is 9.59 Å². The molecule has 2 N–H and O–H groups in total. The number of aromatic carboxylic acids is 1. The van der Waals surface area contributed by atoms with Gasteiger partial charge in [0, 0.05) is 13.1 Å². The number of nitrogens with zero attached hydrogens (tertiary/aromatic N) is 2. The number of aromatic nitrogens is 1. The number of hydrogen-bond donors (Lipinski definition) is 2. The molecule has 0 radical (unpaired) electrons. The molecule has 0 unspecified atom stereocenters. The Morgan fingerprint density at radius 3 is 2.65 bits per heavy atom. The predicted molar refractivity (Wildman–Crippen MR) is 63.6 cm³/mol. The van der Waals surface area contributed by atoms with Crippen LogP contribution in [0.3, 0.4) is 0 Å². The third-order valence-electron chi connectivity index (χ3n) is 2.69. The molecule has 7 heteroatoms. The van der Waals surface area contributed by atoms with Gasteiger partial charge >= 0.3 is 12.0 Å². The van der Waals surface area contributed by atoms with Gasteiger partial charge in [-0.05, 0) is 31.3 Å². The maximum absolute atomic E-state index is 11.8. The smallest absolute Gasteiger partial charge is 0.340 e. The number of hydrogen-bond acceptors (Lipinski definition) is 4. The van der Waals surface area contributed by atoms with E-state index in [9.17, 15) is 9.59 Å². The van der Waals surface area contributed by atoms with E-state index in [0.29, 0.717) is 10.7 Å². The van der Waals surface area contributed by atoms with Crippen LogP contribution in [0, 0.1) is 6.92 Å². The standard InChI is InChI=1S/C10H13N3O3S/c1-6-7(9(14)15)8(17-12-6)11-10(16)13-4-2-3-5-13/h2-5H2,1H3,(H,11,16)(H,14,15). The van der Waals surface area contributed by atoms with Gasteiger partial charge in [0.1, 0.15) is 10.6 Å². The molecule has 6 nitrogen and oxygen atoms in total. The summed E-state index contributed by atoms with van der Waals surface area (Å²) in [4.78, 5) is 24.5. The van der Waals surface area contributed by atoms with Crippen LogP contribution in [0.1, 0.15) is 28.9 Å². The Balaban J connectivity index is 2.13. The van der Waals surface area contributed by atoms with Gasteiger partial charge in [0.15, 0.2) is 0 Å². The van der Waals surface area contributed by atoms with Crippen LogP contribution in [0.4, 0.5) is 9.80 Å². The number of anilines is 1. The van der Waals surface area contributed by atoms with E-state index in [1.54, 1.807) is 11.8 Å². The Labute approximate surface area is 102 Å². The minimum Gasteiger partial charge on any atom is -0.478 e. The van der Waals surface area contributed by atoms with Crippen molar-refractivity contribution in [2.45, 2.75) is 19.8 Å². The molecular weight excluding hydrogens is 242 g/mol. The van der Waals surface area contributed by atoms with Crippen molar-refractivity contribution < 1.29 is 14.7 Å². The van der Waals surface area contributed by atoms with Crippen LogP contribution >= 0.6 is 11.5 Å². The number of nitrogens with one attached hydrogen (secondary N) is 1. The van der Waals surface area contributed by atoms with Crippen LogP contribution in [-0.2, 0) is 0 Å². The highest BCUT2D eigenvalue weighted by molar-refractivity contribution is 7.11. The summed E-state index contributed by atoms with van der Waals surface area (Å²) in [6, 6.07) is -0.242. The average Bonchev–Trinajstić information content (AvgIpc) is 2.87. The lowest BCUT2D eigenvalue weighted by Crippen LogP contribution is -2.32. The molecule has 1 aliphatic rings. The molecule has 2 rings (SSSR count). The van der Waals surface area contributed by atoms with Crippen molar-refractivity contribution in [1.82, 2.24) is 9.27 Å². The van der Waals surface area contributed by atoms with Crippen molar-refractivity contribution in [1.29, 1.82) is 0 Å². The van der Waals surface area contributed by atoms with Gasteiger partial charge in [0.25, 0.3) is 0 Å². The second kappa shape index (κ2) is 4.70. The molecule has 1 fully saturated rings. The van der Waals surface area contributed by atoms with Crippen molar-refractivity contribution in [3.05, 3.63) is 11.3 Å². The highest BCUT2D eigenvalue weighted by Gasteiger charge is 2.23. The Bertz CT molecular complexity index is 452. The number of aryl methyl sites for hydroxylation is 1. The van der Waals surface area contributed by atoms with Crippen LogP contribution < -0.4 is 5.32 Å². The van der Waals surface area contributed by atoms with E-state index in [4.69, 9.17) is 5.11 Å². The fourth-order valence-electron chi connectivity index (χ4n) is 1.80. The van der Waals surface area contributed by atoms with Crippen molar-refractivity contribution in [3.63, 3.8) is 0 Å². The molecule has 0 aromatic carbocycles. The molecule has 0 saturated carbocycles. The summed E-state index contributed by atoms with van der Waals surface area (Å²) in [7, 11) is 0. The molecule has 92 valence electrons. The molecule has 2 heterocycles. The zero-order valence-corrected chi connectivity index (χ0v) is 10.2. The number of carboxylic acids is 1. The number of carbonyl (C=O) groups excluding carboxylic acids is 1. The first-order valence-corrected chi connectivity index (χ1v) is 6.12. The molecular formula is C10H13N3O3S. The predicted octanol–water partition coefficient (Wildman–Crippen LogP) is 1.78. The molecule has 1 aliphatic heterocycles. The Morgan fingerprint density at radius 2 is 2.06 bits per heavy atom. The van der Waals surface area contributed by atoms with Gasteiger partial charge in [-0.15, -0.1) is 0 Å². The Morgan fingerprint density at radius 1 is 1.41 bits per heavy atom. The molecule has 0 spiro atoms. The summed E-state index contributed by atoms with van der Waals surface area (Å²) < 4.78 is 3.95. The Hall–Kier alpha value is -1.63. The Kier molecular flexibility index (Phi) is 3.28. The number of carbonyl (C=O) groups is 2. The van der Waals surface area contributed by atoms with E-state index < -0.39 is 5.97 Å². The number of likely N-dealkylation sites (tertiary alicyclic amines) is 1. The normalized spacial score (nSPS) is 15.0. The van der Waals surface area contributed by atoms with Gasteiger partial charge in [0.2, 0.25) is 0 Å². The fourth-order valence-corrected chi connectivity index (χ4v) is 2.58. The first kappa shape index (κ1) is 11.8. The molecule has 17 heavy (non-hydrogen) atoms. The quantitative estimate of drug-likeness (QED) is 0.843. The summed E-state index contributed by atoms with van der Waals surface area (Å²) in [5.74, 6) is -1.06. The monoisotopic (exact) mass is 255 g/mol. The van der Waals surface area contributed by atoms with E-state index in [1.165, 1.54) is 0 Å². The largest absolute Gasteiger partial charge is 0.478 e. The summed E-state index contributed by atoms with van der Waals surface area (Å²) in [6.07, 6.45) is 2.00. The summed E-state index contributed by atoms with van der Waals surface area (Å²) in [5.41, 5.74) is 0.516. The maximum Gasteiger partial charge on any atom is 0.340 e. The van der Waals surface area contributed by atoms with Crippen LogP contribution in [0.25, 0.3) is 0 Å². The van der Waals surface area contributed by atoms with Crippen molar-refractivity contribution in [3.8, 4) is 0 Å². The number of urea groups is 1. The number of rotatable bonds is 2. The van der Waals surface area contributed by atoms with Gasteiger partial charge in [0.05, 0.1) is 5.69 Å². The molecule has 1 saturated heterocycles. The molecule has 2 amide bonds. The van der Waals surface area contributed by atoms with Gasteiger partial charge in [-0.3, -0.25) is 5.32 Å². The molecule has 0 atom stereocenters. The lowest BCUT2D eigenvalue weighted by atomic mass is 10.2. The third-order valence-corrected chi connectivity index (χ3v) is 3.54. The third kappa shape index (κ3) is 2.38. The highest BCUT2D eigenvalue weighted by atomic mass is 32.1. The van der Waals surface area contributed by atoms with Crippen LogP contribution in [0.2, 0.25) is 0 Å². The first-order valence-electron chi connectivity index (χ1n) is 5.35. The lowest BCUT2D eigenvalue weighted by Gasteiger charge is -2.15. The second-order valence-corrected chi connectivity index (χ2v) is 4.67. The van der Waals surface area contributed by atoms with Crippen molar-refractivity contribution in [2.75, 3.05) is 18.4 Å². The first-order chi connectivity index (χ1) is 8.09. The molecule has 1 aromatic heterocycles. The summed E-state index contributed by atoms with van der Waals surface area (Å²) in [6.45, 7) is 3.07. The van der Waals surface area contributed by atoms with Gasteiger partial charge in [-0.1, -0.05) is 0 Å². The van der Waals surface area contributed by atoms with E-state index in [-0.39, 0.29) is 11.6 Å². The summed E-state index contributed by atoms with van der Waals surface area (Å²) >= 11 is 1.00. The topological polar surface area (TPSA) is 82.5 Å². The fraction of sp³-hybridized carbons (Fsp3) is 0.500. The maximum atomic E-state index is 11.8. The second-order valence-electron chi connectivity index (χ2n) is 3.90. The summed E-state index contributed by atoms with van der Waals surface area (Å²) in [5, 5.41) is 11.9. The average molecular weight is 255 g/mol. The zero-order valence-electron chi connectivity index (χ0n) is 9.39. The van der Waals surface area contributed by atoms with E-state index >= 15 is 0 Å². The zero-order chi connectivity index (χ0) is 12.4. The van der Waals surface area contributed by atoms with E-state index in [2.05, 4.69) is 9.69 Å². The minimum absolute atomic E-state index is 0.0857. The molecule has 0 aliphatic carbocycles. The van der Waals surface area contributed by atoms with Gasteiger partial charge < -0.3 is 10.0 Å². The SMILES string of the molecule is Cc1nsc(NC(=O)N2CCCC2)c1C(=O)O. The minimum atomic E-state index is -1.06. The highest BCUT2D eigenvalue weighted by Crippen LogP contribution is 2.25. The van der Waals surface area contributed by atoms with Gasteiger partial charge in [-0.2, -0.15) is 4.37 Å².